The van der Waals surface area contributed by atoms with Gasteiger partial charge in [0, 0.05) is 36.2 Å². The van der Waals surface area contributed by atoms with Gasteiger partial charge in [-0.2, -0.15) is 0 Å². The second-order valence-corrected chi connectivity index (χ2v) is 12.0. The number of aromatic nitrogens is 2. The molecule has 0 saturated heterocycles. The Bertz CT molecular complexity index is 1080. The monoisotopic (exact) mass is 462 g/mol. The SMILES string of the molecule is CC(C)(C(=O)Nc1ncnc2c1CCN(Cc1ccccc1F)C2)C12CC3CC(CC(C3)C1)C2. The molecule has 2 heterocycles. The zero-order valence-corrected chi connectivity index (χ0v) is 20.3. The third kappa shape index (κ3) is 3.65. The van der Waals surface area contributed by atoms with E-state index in [9.17, 15) is 9.18 Å². The minimum absolute atomic E-state index is 0.101. The largest absolute Gasteiger partial charge is 0.310 e. The van der Waals surface area contributed by atoms with Crippen LogP contribution in [-0.4, -0.2) is 27.3 Å². The van der Waals surface area contributed by atoms with Crippen LogP contribution < -0.4 is 5.32 Å². The number of amides is 1. The number of carbonyl (C=O) groups excluding carboxylic acids is 1. The van der Waals surface area contributed by atoms with Gasteiger partial charge in [-0.05, 0) is 74.2 Å². The topological polar surface area (TPSA) is 58.1 Å². The van der Waals surface area contributed by atoms with Crippen LogP contribution in [0.3, 0.4) is 0 Å². The van der Waals surface area contributed by atoms with Gasteiger partial charge >= 0.3 is 0 Å². The number of fused-ring (bicyclic) bond motifs is 1. The smallest absolute Gasteiger partial charge is 0.231 e. The van der Waals surface area contributed by atoms with Crippen molar-refractivity contribution in [3.05, 3.63) is 53.2 Å². The Kier molecular flexibility index (Phi) is 5.28. The molecule has 4 aliphatic carbocycles. The maximum Gasteiger partial charge on any atom is 0.231 e. The van der Waals surface area contributed by atoms with E-state index in [1.54, 1.807) is 12.4 Å². The molecule has 1 aliphatic heterocycles. The van der Waals surface area contributed by atoms with Gasteiger partial charge in [0.1, 0.15) is 18.0 Å². The number of carbonyl (C=O) groups is 1. The number of rotatable bonds is 5. The number of anilines is 1. The lowest BCUT2D eigenvalue weighted by molar-refractivity contribution is -0.151. The van der Waals surface area contributed by atoms with Crippen LogP contribution in [0.1, 0.15) is 69.2 Å². The average molecular weight is 463 g/mol. The molecule has 0 spiro atoms. The molecule has 5 aliphatic rings. The van der Waals surface area contributed by atoms with Gasteiger partial charge in [0.2, 0.25) is 5.91 Å². The molecule has 5 nitrogen and oxygen atoms in total. The number of benzene rings is 1. The molecule has 1 aromatic heterocycles. The normalized spacial score (nSPS) is 30.3. The fraction of sp³-hybridized carbons (Fsp3) is 0.607. The summed E-state index contributed by atoms with van der Waals surface area (Å²) in [6.45, 7) is 6.30. The van der Waals surface area contributed by atoms with E-state index in [0.29, 0.717) is 24.5 Å². The lowest BCUT2D eigenvalue weighted by Crippen LogP contribution is -2.56. The molecule has 4 fully saturated rings. The van der Waals surface area contributed by atoms with Crippen molar-refractivity contribution >= 4 is 11.7 Å². The van der Waals surface area contributed by atoms with Crippen LogP contribution in [-0.2, 0) is 24.3 Å². The highest BCUT2D eigenvalue weighted by atomic mass is 19.1. The Morgan fingerprint density at radius 3 is 2.47 bits per heavy atom. The molecule has 4 bridgehead atoms. The zero-order chi connectivity index (χ0) is 23.5. The lowest BCUT2D eigenvalue weighted by Gasteiger charge is -2.61. The molecule has 180 valence electrons. The minimum atomic E-state index is -0.424. The van der Waals surface area contributed by atoms with Gasteiger partial charge in [0.15, 0.2) is 0 Å². The predicted molar refractivity (Wildman–Crippen MR) is 129 cm³/mol. The first-order valence-corrected chi connectivity index (χ1v) is 12.9. The van der Waals surface area contributed by atoms with E-state index in [-0.39, 0.29) is 17.1 Å². The second-order valence-electron chi connectivity index (χ2n) is 12.0. The predicted octanol–water partition coefficient (Wildman–Crippen LogP) is 5.36. The van der Waals surface area contributed by atoms with Crippen LogP contribution in [0.4, 0.5) is 10.2 Å². The van der Waals surface area contributed by atoms with E-state index >= 15 is 0 Å². The van der Waals surface area contributed by atoms with E-state index in [2.05, 4.69) is 34.0 Å². The van der Waals surface area contributed by atoms with Crippen LogP contribution in [0.5, 0.6) is 0 Å². The molecular formula is C28H35FN4O. The van der Waals surface area contributed by atoms with Crippen molar-refractivity contribution < 1.29 is 9.18 Å². The summed E-state index contributed by atoms with van der Waals surface area (Å²) in [4.78, 5) is 25.0. The van der Waals surface area contributed by atoms with Crippen molar-refractivity contribution in [1.82, 2.24) is 14.9 Å². The summed E-state index contributed by atoms with van der Waals surface area (Å²) in [5.74, 6) is 3.03. The van der Waals surface area contributed by atoms with E-state index in [4.69, 9.17) is 0 Å². The molecule has 7 rings (SSSR count). The molecule has 0 atom stereocenters. The third-order valence-corrected chi connectivity index (χ3v) is 9.60. The van der Waals surface area contributed by atoms with Crippen molar-refractivity contribution in [1.29, 1.82) is 0 Å². The van der Waals surface area contributed by atoms with Crippen molar-refractivity contribution in [2.24, 2.45) is 28.6 Å². The Balaban J connectivity index is 1.19. The van der Waals surface area contributed by atoms with Crippen molar-refractivity contribution in [2.75, 3.05) is 11.9 Å². The van der Waals surface area contributed by atoms with Gasteiger partial charge in [0.05, 0.1) is 5.69 Å². The van der Waals surface area contributed by atoms with E-state index < -0.39 is 5.41 Å². The standard InChI is InChI=1S/C28H35FN4O/c1-27(2,28-12-18-9-19(13-28)11-20(10-18)14-28)26(34)32-25-22-7-8-33(16-24(22)30-17-31-25)15-21-5-3-4-6-23(21)29/h3-6,17-20H,7-16H2,1-2H3,(H,30,31,32,34). The molecule has 0 radical (unpaired) electrons. The molecule has 4 saturated carbocycles. The van der Waals surface area contributed by atoms with Crippen LogP contribution in [0.25, 0.3) is 0 Å². The molecule has 1 amide bonds. The zero-order valence-electron chi connectivity index (χ0n) is 20.3. The number of hydrogen-bond donors (Lipinski definition) is 1. The van der Waals surface area contributed by atoms with Gasteiger partial charge < -0.3 is 5.32 Å². The molecule has 1 aromatic carbocycles. The molecular weight excluding hydrogens is 427 g/mol. The Hall–Kier alpha value is -2.34. The molecule has 6 heteroatoms. The first kappa shape index (κ1) is 22.1. The highest BCUT2D eigenvalue weighted by molar-refractivity contribution is 5.95. The van der Waals surface area contributed by atoms with Crippen LogP contribution >= 0.6 is 0 Å². The fourth-order valence-corrected chi connectivity index (χ4v) is 7.90. The van der Waals surface area contributed by atoms with Gasteiger partial charge in [-0.15, -0.1) is 0 Å². The van der Waals surface area contributed by atoms with E-state index in [1.165, 1.54) is 44.6 Å². The summed E-state index contributed by atoms with van der Waals surface area (Å²) < 4.78 is 14.1. The average Bonchev–Trinajstić information content (AvgIpc) is 2.79. The minimum Gasteiger partial charge on any atom is -0.310 e. The fourth-order valence-electron chi connectivity index (χ4n) is 7.90. The Labute approximate surface area is 201 Å². The number of nitrogens with zero attached hydrogens (tertiary/aromatic N) is 3. The van der Waals surface area contributed by atoms with Gasteiger partial charge in [0.25, 0.3) is 0 Å². The van der Waals surface area contributed by atoms with Crippen LogP contribution in [0, 0.1) is 34.4 Å². The molecule has 1 N–H and O–H groups in total. The van der Waals surface area contributed by atoms with Crippen molar-refractivity contribution in [2.45, 2.75) is 71.9 Å². The van der Waals surface area contributed by atoms with Crippen molar-refractivity contribution in [3.63, 3.8) is 0 Å². The summed E-state index contributed by atoms with van der Waals surface area (Å²) in [5.41, 5.74) is 2.36. The Morgan fingerprint density at radius 2 is 1.79 bits per heavy atom. The van der Waals surface area contributed by atoms with E-state index in [0.717, 1.165) is 42.0 Å². The molecule has 0 unspecified atom stereocenters. The van der Waals surface area contributed by atoms with Gasteiger partial charge in [-0.25, -0.2) is 14.4 Å². The molecule has 34 heavy (non-hydrogen) atoms. The summed E-state index contributed by atoms with van der Waals surface area (Å²) in [7, 11) is 0. The summed E-state index contributed by atoms with van der Waals surface area (Å²) >= 11 is 0. The highest BCUT2D eigenvalue weighted by Crippen LogP contribution is 2.66. The summed E-state index contributed by atoms with van der Waals surface area (Å²) in [6.07, 6.45) is 10.0. The van der Waals surface area contributed by atoms with E-state index in [1.807, 2.05) is 12.1 Å². The van der Waals surface area contributed by atoms with Crippen LogP contribution in [0.15, 0.2) is 30.6 Å². The number of hydrogen-bond acceptors (Lipinski definition) is 4. The van der Waals surface area contributed by atoms with Gasteiger partial charge in [-0.1, -0.05) is 32.0 Å². The molecule has 2 aromatic rings. The first-order chi connectivity index (χ1) is 16.3. The summed E-state index contributed by atoms with van der Waals surface area (Å²) in [5, 5.41) is 3.24. The third-order valence-electron chi connectivity index (χ3n) is 9.60. The maximum absolute atomic E-state index is 14.1. The summed E-state index contributed by atoms with van der Waals surface area (Å²) in [6, 6.07) is 6.94. The Morgan fingerprint density at radius 1 is 1.12 bits per heavy atom. The first-order valence-electron chi connectivity index (χ1n) is 12.9. The highest BCUT2D eigenvalue weighted by Gasteiger charge is 2.59. The van der Waals surface area contributed by atoms with Crippen molar-refractivity contribution in [3.8, 4) is 0 Å². The lowest BCUT2D eigenvalue weighted by atomic mass is 9.43. The maximum atomic E-state index is 14.1. The quantitative estimate of drug-likeness (QED) is 0.650. The van der Waals surface area contributed by atoms with Gasteiger partial charge in [-0.3, -0.25) is 9.69 Å². The second kappa shape index (κ2) is 8.11. The number of halogens is 1. The van der Waals surface area contributed by atoms with Crippen LogP contribution in [0.2, 0.25) is 0 Å². The number of nitrogens with one attached hydrogen (secondary N) is 1.